The largest absolute Gasteiger partial charge is 0.493 e. The SMILES string of the molecule is COc1cc(C(=O)C(=O)N(C)[C@@H](Cc2ccc(Cl)cc2)C(=O)N(Cc2ccc(F)cc2)C(CCc2ccncc2)CCc2ccncc2)cc(OC)c1OC. The van der Waals surface area contributed by atoms with Gasteiger partial charge in [-0.1, -0.05) is 35.9 Å². The van der Waals surface area contributed by atoms with Crippen molar-refractivity contribution in [2.75, 3.05) is 28.4 Å². The van der Waals surface area contributed by atoms with Crippen LogP contribution in [0.5, 0.6) is 17.2 Å². The van der Waals surface area contributed by atoms with Crippen LogP contribution in [0.15, 0.2) is 110 Å². The van der Waals surface area contributed by atoms with Crippen LogP contribution in [-0.2, 0) is 35.4 Å². The number of carbonyl (C=O) groups excluding carboxylic acids is 3. The minimum Gasteiger partial charge on any atom is -0.493 e. The van der Waals surface area contributed by atoms with Gasteiger partial charge in [-0.3, -0.25) is 24.4 Å². The number of carbonyl (C=O) groups is 3. The van der Waals surface area contributed by atoms with Gasteiger partial charge in [0.15, 0.2) is 11.5 Å². The molecule has 3 aromatic carbocycles. The van der Waals surface area contributed by atoms with Gasteiger partial charge in [-0.15, -0.1) is 0 Å². The van der Waals surface area contributed by atoms with Crippen LogP contribution in [0.4, 0.5) is 4.39 Å². The summed E-state index contributed by atoms with van der Waals surface area (Å²) in [5.41, 5.74) is 3.55. The van der Waals surface area contributed by atoms with E-state index in [1.54, 1.807) is 66.1 Å². The summed E-state index contributed by atoms with van der Waals surface area (Å²) in [5, 5.41) is 0.513. The zero-order valence-electron chi connectivity index (χ0n) is 31.3. The number of Topliss-reactive ketones (excluding diaryl/α,β-unsaturated/α-hetero) is 1. The van der Waals surface area contributed by atoms with Crippen molar-refractivity contribution in [2.45, 2.75) is 50.7 Å². The Hall–Kier alpha value is -5.81. The number of hydrogen-bond donors (Lipinski definition) is 0. The first-order chi connectivity index (χ1) is 26.6. The van der Waals surface area contributed by atoms with Crippen LogP contribution >= 0.6 is 11.6 Å². The Morgan fingerprint density at radius 3 is 1.71 bits per heavy atom. The van der Waals surface area contributed by atoms with Crippen molar-refractivity contribution in [2.24, 2.45) is 0 Å². The lowest BCUT2D eigenvalue weighted by molar-refractivity contribution is -0.145. The van der Waals surface area contributed by atoms with Crippen LogP contribution in [0.3, 0.4) is 0 Å². The molecule has 0 N–H and O–H groups in total. The van der Waals surface area contributed by atoms with Gasteiger partial charge in [-0.05, 0) is 109 Å². The molecule has 5 rings (SSSR count). The standard InChI is InChI=1S/C43H44ClFN4O6/c1-48(43(52)40(50)33-26-38(53-2)41(55-4)39(27-33)54-3)37(25-31-5-11-34(44)12-6-31)42(51)49(28-32-7-13-35(45)14-8-32)36(15-9-29-17-21-46-22-18-29)16-10-30-19-23-47-24-20-30/h5-8,11-14,17-24,26-27,36-37H,9-10,15-16,25,28H2,1-4H3/t37-/m0/s1. The van der Waals surface area contributed by atoms with Crippen LogP contribution in [0.2, 0.25) is 5.02 Å². The number of nitrogens with zero attached hydrogens (tertiary/aromatic N) is 4. The number of benzene rings is 3. The lowest BCUT2D eigenvalue weighted by Crippen LogP contribution is -2.54. The maximum Gasteiger partial charge on any atom is 0.295 e. The minimum atomic E-state index is -1.12. The Kier molecular flexibility index (Phi) is 14.3. The summed E-state index contributed by atoms with van der Waals surface area (Å²) >= 11 is 6.22. The second kappa shape index (κ2) is 19.5. The van der Waals surface area contributed by atoms with E-state index in [1.807, 2.05) is 24.3 Å². The monoisotopic (exact) mass is 766 g/mol. The predicted octanol–water partition coefficient (Wildman–Crippen LogP) is 7.21. The second-order valence-electron chi connectivity index (χ2n) is 13.0. The van der Waals surface area contributed by atoms with Gasteiger partial charge in [0, 0.05) is 61.4 Å². The van der Waals surface area contributed by atoms with E-state index in [0.717, 1.165) is 16.7 Å². The van der Waals surface area contributed by atoms with Crippen LogP contribution in [0.1, 0.15) is 45.5 Å². The normalized spacial score (nSPS) is 11.5. The highest BCUT2D eigenvalue weighted by Gasteiger charge is 2.37. The summed E-state index contributed by atoms with van der Waals surface area (Å²) in [6, 6.07) is 22.1. The molecule has 286 valence electrons. The lowest BCUT2D eigenvalue weighted by Gasteiger charge is -2.38. The summed E-state index contributed by atoms with van der Waals surface area (Å²) in [6.07, 6.45) is 9.47. The Balaban J connectivity index is 1.56. The summed E-state index contributed by atoms with van der Waals surface area (Å²) in [7, 11) is 5.72. The smallest absolute Gasteiger partial charge is 0.295 e. The Morgan fingerprint density at radius 1 is 0.709 bits per heavy atom. The number of ketones is 1. The summed E-state index contributed by atoms with van der Waals surface area (Å²) in [4.78, 5) is 54.7. The molecular formula is C43H44ClFN4O6. The highest BCUT2D eigenvalue weighted by atomic mass is 35.5. The van der Waals surface area contributed by atoms with Crippen molar-refractivity contribution in [3.8, 4) is 17.2 Å². The van der Waals surface area contributed by atoms with Crippen LogP contribution in [0, 0.1) is 5.82 Å². The highest BCUT2D eigenvalue weighted by molar-refractivity contribution is 6.43. The van der Waals surface area contributed by atoms with Gasteiger partial charge in [0.1, 0.15) is 11.9 Å². The number of hydrogen-bond acceptors (Lipinski definition) is 8. The van der Waals surface area contributed by atoms with Crippen molar-refractivity contribution in [3.05, 3.63) is 148 Å². The number of aromatic nitrogens is 2. The van der Waals surface area contributed by atoms with Gasteiger partial charge < -0.3 is 24.0 Å². The molecule has 12 heteroatoms. The molecule has 0 saturated heterocycles. The summed E-state index contributed by atoms with van der Waals surface area (Å²) in [6.45, 7) is 0.135. The zero-order valence-corrected chi connectivity index (χ0v) is 32.0. The van der Waals surface area contributed by atoms with E-state index in [1.165, 1.54) is 57.5 Å². The summed E-state index contributed by atoms with van der Waals surface area (Å²) < 4.78 is 30.4. The van der Waals surface area contributed by atoms with E-state index in [0.29, 0.717) is 36.3 Å². The third-order valence-corrected chi connectivity index (χ3v) is 9.81. The third-order valence-electron chi connectivity index (χ3n) is 9.56. The Morgan fingerprint density at radius 2 is 1.22 bits per heavy atom. The first kappa shape index (κ1) is 40.4. The zero-order chi connectivity index (χ0) is 39.3. The van der Waals surface area contributed by atoms with Crippen molar-refractivity contribution < 1.29 is 33.0 Å². The Bertz CT molecular complexity index is 1970. The molecule has 2 aromatic heterocycles. The van der Waals surface area contributed by atoms with Crippen LogP contribution in [-0.4, -0.2) is 77.8 Å². The van der Waals surface area contributed by atoms with E-state index in [4.69, 9.17) is 25.8 Å². The molecule has 0 aliphatic rings. The fourth-order valence-corrected chi connectivity index (χ4v) is 6.58. The van der Waals surface area contributed by atoms with Gasteiger partial charge in [-0.25, -0.2) is 4.39 Å². The minimum absolute atomic E-state index is 0.000196. The number of rotatable bonds is 18. The molecule has 2 amide bonds. The van der Waals surface area contributed by atoms with Crippen molar-refractivity contribution in [1.82, 2.24) is 19.8 Å². The first-order valence-electron chi connectivity index (χ1n) is 17.8. The Labute approximate surface area is 325 Å². The number of methoxy groups -OCH3 is 3. The van der Waals surface area contributed by atoms with Gasteiger partial charge in [0.25, 0.3) is 11.7 Å². The number of halogens is 2. The lowest BCUT2D eigenvalue weighted by atomic mass is 9.95. The van der Waals surface area contributed by atoms with Crippen molar-refractivity contribution in [1.29, 1.82) is 0 Å². The fraction of sp³-hybridized carbons (Fsp3) is 0.279. The molecule has 2 heterocycles. The average Bonchev–Trinajstić information content (AvgIpc) is 3.22. The first-order valence-corrected chi connectivity index (χ1v) is 18.2. The van der Waals surface area contributed by atoms with Crippen molar-refractivity contribution >= 4 is 29.2 Å². The van der Waals surface area contributed by atoms with Gasteiger partial charge in [0.05, 0.1) is 21.3 Å². The molecule has 0 unspecified atom stereocenters. The topological polar surface area (TPSA) is 111 Å². The molecular weight excluding hydrogens is 723 g/mol. The van der Waals surface area contributed by atoms with E-state index in [2.05, 4.69) is 9.97 Å². The molecule has 0 fully saturated rings. The van der Waals surface area contributed by atoms with Gasteiger partial charge in [0.2, 0.25) is 11.7 Å². The molecule has 55 heavy (non-hydrogen) atoms. The van der Waals surface area contributed by atoms with Gasteiger partial charge in [-0.2, -0.15) is 0 Å². The highest BCUT2D eigenvalue weighted by Crippen LogP contribution is 2.38. The number of ether oxygens (including phenoxy) is 3. The molecule has 0 aliphatic heterocycles. The molecule has 10 nitrogen and oxygen atoms in total. The van der Waals surface area contributed by atoms with E-state index in [9.17, 15) is 14.0 Å². The molecule has 1 atom stereocenters. The molecule has 0 radical (unpaired) electrons. The maximum atomic E-state index is 15.3. The van der Waals surface area contributed by atoms with E-state index in [-0.39, 0.29) is 47.7 Å². The number of likely N-dealkylation sites (N-methyl/N-ethyl adjacent to an activating group) is 1. The van der Waals surface area contributed by atoms with Crippen molar-refractivity contribution in [3.63, 3.8) is 0 Å². The fourth-order valence-electron chi connectivity index (χ4n) is 6.46. The average molecular weight is 767 g/mol. The number of pyridine rings is 2. The molecule has 0 aliphatic carbocycles. The quantitative estimate of drug-likeness (QED) is 0.0680. The summed E-state index contributed by atoms with van der Waals surface area (Å²) in [5.74, 6) is -1.88. The molecule has 0 spiro atoms. The van der Waals surface area contributed by atoms with Crippen LogP contribution < -0.4 is 14.2 Å². The van der Waals surface area contributed by atoms with E-state index >= 15 is 4.79 Å². The van der Waals surface area contributed by atoms with E-state index < -0.39 is 23.5 Å². The predicted molar refractivity (Wildman–Crippen MR) is 208 cm³/mol. The molecule has 0 saturated carbocycles. The third kappa shape index (κ3) is 10.7. The number of amides is 2. The molecule has 0 bridgehead atoms. The van der Waals surface area contributed by atoms with Crippen LogP contribution in [0.25, 0.3) is 0 Å². The number of aryl methyl sites for hydroxylation is 2. The maximum absolute atomic E-state index is 15.3. The second-order valence-corrected chi connectivity index (χ2v) is 13.5. The molecule has 5 aromatic rings. The van der Waals surface area contributed by atoms with Gasteiger partial charge >= 0.3 is 0 Å².